The van der Waals surface area contributed by atoms with Gasteiger partial charge in [-0.2, -0.15) is 13.2 Å². The first-order valence-corrected chi connectivity index (χ1v) is 6.12. The molecule has 2 rings (SSSR count). The van der Waals surface area contributed by atoms with E-state index >= 15 is 0 Å². The number of pyridine rings is 1. The van der Waals surface area contributed by atoms with Crippen LogP contribution in [-0.2, 0) is 17.4 Å². The van der Waals surface area contributed by atoms with Crippen LogP contribution < -0.4 is 15.0 Å². The number of halogens is 3. The van der Waals surface area contributed by atoms with Crippen molar-refractivity contribution in [1.82, 2.24) is 0 Å². The van der Waals surface area contributed by atoms with E-state index in [-0.39, 0.29) is 11.2 Å². The van der Waals surface area contributed by atoms with E-state index in [9.17, 15) is 23.1 Å². The summed E-state index contributed by atoms with van der Waals surface area (Å²) in [7, 11) is 3.36. The minimum absolute atomic E-state index is 0.132. The minimum atomic E-state index is -4.53. The van der Waals surface area contributed by atoms with Crippen molar-refractivity contribution >= 4 is 22.6 Å². The first-order valence-electron chi connectivity index (χ1n) is 6.12. The smallest absolute Gasteiger partial charge is 0.422 e. The molecule has 0 aliphatic heterocycles. The molecular weight excluding hydrogens is 285 g/mol. The van der Waals surface area contributed by atoms with E-state index in [0.29, 0.717) is 11.1 Å². The van der Waals surface area contributed by atoms with Crippen molar-refractivity contribution in [3.63, 3.8) is 0 Å². The van der Waals surface area contributed by atoms with Gasteiger partial charge in [0.25, 0.3) is 0 Å². The SMILES string of the molecule is CN(C)c1cc(CC(=O)[O-])[nH+]c2c(C(F)(F)F)cccc12. The number of aromatic nitrogens is 1. The van der Waals surface area contributed by atoms with Crippen LogP contribution in [0.25, 0.3) is 10.9 Å². The number of carbonyl (C=O) groups excluding carboxylic acids is 1. The number of nitrogens with zero attached hydrogens (tertiary/aromatic N) is 1. The Labute approximate surface area is 118 Å². The van der Waals surface area contributed by atoms with Crippen LogP contribution in [0.1, 0.15) is 11.3 Å². The molecule has 0 atom stereocenters. The van der Waals surface area contributed by atoms with Crippen LogP contribution in [0.3, 0.4) is 0 Å². The molecule has 1 heterocycles. The van der Waals surface area contributed by atoms with Gasteiger partial charge in [-0.05, 0) is 12.1 Å². The average Bonchev–Trinajstić information content (AvgIpc) is 2.34. The lowest BCUT2D eigenvalue weighted by molar-refractivity contribution is -0.363. The predicted octanol–water partition coefficient (Wildman–Crippen LogP) is 1.03. The Balaban J connectivity index is 2.80. The van der Waals surface area contributed by atoms with E-state index in [1.54, 1.807) is 25.1 Å². The zero-order valence-electron chi connectivity index (χ0n) is 11.4. The van der Waals surface area contributed by atoms with Crippen LogP contribution in [0.2, 0.25) is 0 Å². The summed E-state index contributed by atoms with van der Waals surface area (Å²) in [5, 5.41) is 11.1. The van der Waals surface area contributed by atoms with Gasteiger partial charge < -0.3 is 14.8 Å². The zero-order valence-corrected chi connectivity index (χ0v) is 11.4. The summed E-state index contributed by atoms with van der Waals surface area (Å²) in [6, 6.07) is 5.35. The summed E-state index contributed by atoms with van der Waals surface area (Å²) >= 11 is 0. The van der Waals surface area contributed by atoms with Crippen molar-refractivity contribution in [2.45, 2.75) is 12.6 Å². The Morgan fingerprint density at radius 1 is 1.33 bits per heavy atom. The summed E-state index contributed by atoms with van der Waals surface area (Å²) in [5.41, 5.74) is -0.301. The maximum absolute atomic E-state index is 13.1. The molecule has 0 aliphatic rings. The van der Waals surface area contributed by atoms with Crippen LogP contribution in [0.4, 0.5) is 18.9 Å². The van der Waals surface area contributed by atoms with Gasteiger partial charge in [-0.15, -0.1) is 0 Å². The van der Waals surface area contributed by atoms with Crippen molar-refractivity contribution in [2.24, 2.45) is 0 Å². The number of aromatic amines is 1. The van der Waals surface area contributed by atoms with Crippen LogP contribution in [0.15, 0.2) is 24.3 Å². The zero-order chi connectivity index (χ0) is 15.8. The van der Waals surface area contributed by atoms with Crippen LogP contribution in [0.5, 0.6) is 0 Å². The molecule has 0 spiro atoms. The number of rotatable bonds is 3. The largest absolute Gasteiger partial charge is 0.550 e. The quantitative estimate of drug-likeness (QED) is 0.850. The third kappa shape index (κ3) is 3.07. The summed E-state index contributed by atoms with van der Waals surface area (Å²) in [6.45, 7) is 0. The number of hydrogen-bond donors (Lipinski definition) is 0. The molecule has 4 nitrogen and oxygen atoms in total. The standard InChI is InChI=1S/C14H13F3N2O2/c1-19(2)11-6-8(7-12(20)21)18-13-9(11)4-3-5-10(13)14(15,16)17/h3-6H,7H2,1-2H3,(H,20,21). The third-order valence-corrected chi connectivity index (χ3v) is 3.06. The number of alkyl halides is 3. The highest BCUT2D eigenvalue weighted by Gasteiger charge is 2.36. The molecule has 0 amide bonds. The maximum Gasteiger partial charge on any atom is 0.422 e. The van der Waals surface area contributed by atoms with Crippen LogP contribution in [0, 0.1) is 0 Å². The molecule has 0 saturated heterocycles. The summed E-state index contributed by atoms with van der Waals surface area (Å²) in [5.74, 6) is -1.36. The Bertz CT molecular complexity index is 696. The van der Waals surface area contributed by atoms with E-state index in [1.165, 1.54) is 12.1 Å². The van der Waals surface area contributed by atoms with Crippen molar-refractivity contribution in [3.05, 3.63) is 35.5 Å². The Hall–Kier alpha value is -2.31. The molecule has 0 aliphatic carbocycles. The first kappa shape index (κ1) is 15.1. The number of carbonyl (C=O) groups is 1. The second-order valence-electron chi connectivity index (χ2n) is 4.85. The van der Waals surface area contributed by atoms with Gasteiger partial charge in [0.05, 0.1) is 23.5 Å². The number of fused-ring (bicyclic) bond motifs is 1. The molecule has 21 heavy (non-hydrogen) atoms. The van der Waals surface area contributed by atoms with E-state index in [0.717, 1.165) is 6.07 Å². The van der Waals surface area contributed by atoms with E-state index in [2.05, 4.69) is 4.98 Å². The molecule has 0 saturated carbocycles. The molecule has 0 bridgehead atoms. The highest BCUT2D eigenvalue weighted by molar-refractivity contribution is 5.92. The van der Waals surface area contributed by atoms with Crippen molar-refractivity contribution in [1.29, 1.82) is 0 Å². The molecule has 1 N–H and O–H groups in total. The fourth-order valence-electron chi connectivity index (χ4n) is 2.20. The van der Waals surface area contributed by atoms with Crippen LogP contribution in [-0.4, -0.2) is 20.1 Å². The molecular formula is C14H13F3N2O2. The van der Waals surface area contributed by atoms with Gasteiger partial charge in [0, 0.05) is 20.2 Å². The van der Waals surface area contributed by atoms with Gasteiger partial charge >= 0.3 is 6.18 Å². The second-order valence-corrected chi connectivity index (χ2v) is 4.85. The lowest BCUT2D eigenvalue weighted by Gasteiger charge is -2.16. The molecule has 112 valence electrons. The Morgan fingerprint density at radius 2 is 2.00 bits per heavy atom. The average molecular weight is 298 g/mol. The molecule has 0 fully saturated rings. The molecule has 1 aromatic heterocycles. The highest BCUT2D eigenvalue weighted by atomic mass is 19.4. The molecule has 2 aromatic rings. The Kier molecular flexibility index (Phi) is 3.76. The normalized spacial score (nSPS) is 11.7. The van der Waals surface area contributed by atoms with Gasteiger partial charge in [-0.1, -0.05) is 6.07 Å². The van der Waals surface area contributed by atoms with E-state index in [1.807, 2.05) is 0 Å². The fourth-order valence-corrected chi connectivity index (χ4v) is 2.20. The number of anilines is 1. The van der Waals surface area contributed by atoms with Gasteiger partial charge in [0.1, 0.15) is 5.56 Å². The lowest BCUT2D eigenvalue weighted by atomic mass is 10.1. The highest BCUT2D eigenvalue weighted by Crippen LogP contribution is 2.35. The van der Waals surface area contributed by atoms with Crippen molar-refractivity contribution in [2.75, 3.05) is 19.0 Å². The van der Waals surface area contributed by atoms with Crippen LogP contribution >= 0.6 is 0 Å². The maximum atomic E-state index is 13.1. The number of H-pyrrole nitrogens is 1. The Morgan fingerprint density at radius 3 is 2.52 bits per heavy atom. The second kappa shape index (κ2) is 5.23. The number of benzene rings is 1. The van der Waals surface area contributed by atoms with E-state index < -0.39 is 24.1 Å². The monoisotopic (exact) mass is 298 g/mol. The van der Waals surface area contributed by atoms with Crippen molar-refractivity contribution in [3.8, 4) is 0 Å². The number of para-hydroxylation sites is 1. The van der Waals surface area contributed by atoms with Gasteiger partial charge in [0.2, 0.25) is 5.52 Å². The van der Waals surface area contributed by atoms with E-state index in [4.69, 9.17) is 0 Å². The number of carboxylic acid groups (broad SMARTS) is 1. The number of hydrogen-bond acceptors (Lipinski definition) is 3. The topological polar surface area (TPSA) is 57.5 Å². The minimum Gasteiger partial charge on any atom is -0.550 e. The summed E-state index contributed by atoms with van der Waals surface area (Å²) in [6.07, 6.45) is -5.01. The molecule has 0 unspecified atom stereocenters. The fraction of sp³-hybridized carbons (Fsp3) is 0.286. The molecule has 7 heteroatoms. The first-order chi connectivity index (χ1) is 9.70. The predicted molar refractivity (Wildman–Crippen MR) is 68.5 cm³/mol. The summed E-state index contributed by atoms with van der Waals surface area (Å²) < 4.78 is 39.2. The van der Waals surface area contributed by atoms with Gasteiger partial charge in [-0.3, -0.25) is 0 Å². The number of aliphatic carboxylic acids is 1. The lowest BCUT2D eigenvalue weighted by Crippen LogP contribution is -2.29. The third-order valence-electron chi connectivity index (χ3n) is 3.06. The number of nitrogens with one attached hydrogen (secondary N) is 1. The van der Waals surface area contributed by atoms with Gasteiger partial charge in [-0.25, -0.2) is 4.98 Å². The number of carboxylic acids is 1. The molecule has 1 aromatic carbocycles. The van der Waals surface area contributed by atoms with Crippen molar-refractivity contribution < 1.29 is 28.1 Å². The van der Waals surface area contributed by atoms with Gasteiger partial charge in [0.15, 0.2) is 5.69 Å². The molecule has 0 radical (unpaired) electrons. The summed E-state index contributed by atoms with van der Waals surface area (Å²) in [4.78, 5) is 14.9.